The number of rotatable bonds is 7. The normalized spacial score (nSPS) is 11.6. The molecule has 0 saturated carbocycles. The maximum Gasteiger partial charge on any atom is 0.306 e. The molecule has 0 aliphatic rings. The maximum absolute atomic E-state index is 12.1. The van der Waals surface area contributed by atoms with E-state index in [2.05, 4.69) is 10.1 Å². The molecule has 0 aliphatic carbocycles. The molecule has 0 saturated heterocycles. The Morgan fingerprint density at radius 3 is 2.66 bits per heavy atom. The molecule has 152 valence electrons. The van der Waals surface area contributed by atoms with Gasteiger partial charge in [0.25, 0.3) is 5.91 Å². The lowest BCUT2D eigenvalue weighted by Gasteiger charge is -2.04. The van der Waals surface area contributed by atoms with Crippen LogP contribution in [0.1, 0.15) is 34.6 Å². The molecule has 0 fully saturated rings. The van der Waals surface area contributed by atoms with Gasteiger partial charge in [0, 0.05) is 30.1 Å². The SMILES string of the molecule is Cc1ccc(Cn2ccsc2=NC(=O)COC(=O)CCc2c(C)noc2C)cc1. The van der Waals surface area contributed by atoms with Crippen molar-refractivity contribution in [3.63, 3.8) is 0 Å². The van der Waals surface area contributed by atoms with Gasteiger partial charge in [-0.25, -0.2) is 0 Å². The first kappa shape index (κ1) is 20.7. The van der Waals surface area contributed by atoms with Gasteiger partial charge in [0.05, 0.1) is 5.69 Å². The van der Waals surface area contributed by atoms with Crippen molar-refractivity contribution in [1.82, 2.24) is 9.72 Å². The highest BCUT2D eigenvalue weighted by atomic mass is 32.1. The number of benzene rings is 1. The van der Waals surface area contributed by atoms with Gasteiger partial charge < -0.3 is 13.8 Å². The molecule has 1 amide bonds. The Labute approximate surface area is 172 Å². The highest BCUT2D eigenvalue weighted by Gasteiger charge is 2.13. The molecule has 0 radical (unpaired) electrons. The molecular formula is C21H23N3O4S. The van der Waals surface area contributed by atoms with E-state index in [0.29, 0.717) is 23.5 Å². The second kappa shape index (κ2) is 9.47. The van der Waals surface area contributed by atoms with E-state index in [-0.39, 0.29) is 13.0 Å². The third-order valence-electron chi connectivity index (χ3n) is 4.47. The van der Waals surface area contributed by atoms with E-state index in [1.165, 1.54) is 16.9 Å². The monoisotopic (exact) mass is 413 g/mol. The van der Waals surface area contributed by atoms with Gasteiger partial charge in [0.1, 0.15) is 5.76 Å². The Balaban J connectivity index is 1.53. The van der Waals surface area contributed by atoms with Crippen molar-refractivity contribution in [3.8, 4) is 0 Å². The Bertz CT molecular complexity index is 1040. The van der Waals surface area contributed by atoms with Crippen molar-refractivity contribution >= 4 is 23.2 Å². The molecule has 0 unspecified atom stereocenters. The number of hydrogen-bond donors (Lipinski definition) is 0. The summed E-state index contributed by atoms with van der Waals surface area (Å²) in [5, 5.41) is 5.73. The fourth-order valence-electron chi connectivity index (χ4n) is 2.84. The summed E-state index contributed by atoms with van der Waals surface area (Å²) >= 11 is 1.36. The average molecular weight is 413 g/mol. The van der Waals surface area contributed by atoms with Crippen molar-refractivity contribution in [3.05, 3.63) is 68.8 Å². The van der Waals surface area contributed by atoms with E-state index < -0.39 is 11.9 Å². The van der Waals surface area contributed by atoms with Crippen LogP contribution in [0.25, 0.3) is 0 Å². The summed E-state index contributed by atoms with van der Waals surface area (Å²) < 4.78 is 12.0. The molecule has 2 aromatic heterocycles. The Hall–Kier alpha value is -3.00. The zero-order chi connectivity index (χ0) is 20.8. The number of hydrogen-bond acceptors (Lipinski definition) is 6. The van der Waals surface area contributed by atoms with Crippen LogP contribution in [0.3, 0.4) is 0 Å². The van der Waals surface area contributed by atoms with Gasteiger partial charge in [-0.05, 0) is 32.8 Å². The fraction of sp³-hybridized carbons (Fsp3) is 0.333. The summed E-state index contributed by atoms with van der Waals surface area (Å²) in [7, 11) is 0. The van der Waals surface area contributed by atoms with Crippen molar-refractivity contribution in [2.75, 3.05) is 6.61 Å². The molecule has 1 aromatic carbocycles. The van der Waals surface area contributed by atoms with Crippen molar-refractivity contribution in [2.45, 2.75) is 40.2 Å². The van der Waals surface area contributed by atoms with E-state index in [4.69, 9.17) is 9.26 Å². The minimum atomic E-state index is -0.490. The maximum atomic E-state index is 12.1. The lowest BCUT2D eigenvalue weighted by molar-refractivity contribution is -0.147. The molecule has 8 heteroatoms. The predicted molar refractivity (Wildman–Crippen MR) is 108 cm³/mol. The van der Waals surface area contributed by atoms with Crippen molar-refractivity contribution in [1.29, 1.82) is 0 Å². The van der Waals surface area contributed by atoms with E-state index >= 15 is 0 Å². The minimum Gasteiger partial charge on any atom is -0.455 e. The summed E-state index contributed by atoms with van der Waals surface area (Å²) in [6, 6.07) is 8.19. The first-order valence-corrected chi connectivity index (χ1v) is 10.1. The molecular weight excluding hydrogens is 390 g/mol. The van der Waals surface area contributed by atoms with E-state index in [1.54, 1.807) is 6.92 Å². The number of carbonyl (C=O) groups is 2. The molecule has 0 N–H and O–H groups in total. The first-order chi connectivity index (χ1) is 13.9. The van der Waals surface area contributed by atoms with E-state index in [1.807, 2.05) is 54.3 Å². The molecule has 0 spiro atoms. The standard InChI is InChI=1S/C21H23N3O4S/c1-14-4-6-17(7-5-14)12-24-10-11-29-21(24)22-19(25)13-27-20(26)9-8-18-15(2)23-28-16(18)3/h4-7,10-11H,8-9,12-13H2,1-3H3. The van der Waals surface area contributed by atoms with Gasteiger partial charge in [0.2, 0.25) is 0 Å². The number of ether oxygens (including phenoxy) is 1. The first-order valence-electron chi connectivity index (χ1n) is 9.27. The molecule has 3 aromatic rings. The van der Waals surface area contributed by atoms with Gasteiger partial charge >= 0.3 is 5.97 Å². The van der Waals surface area contributed by atoms with E-state index in [0.717, 1.165) is 16.8 Å². The van der Waals surface area contributed by atoms with Gasteiger partial charge in [-0.3, -0.25) is 9.59 Å². The number of nitrogens with zero attached hydrogens (tertiary/aromatic N) is 3. The number of amides is 1. The smallest absolute Gasteiger partial charge is 0.306 e. The number of carbonyl (C=O) groups excluding carboxylic acids is 2. The minimum absolute atomic E-state index is 0.155. The van der Waals surface area contributed by atoms with E-state index in [9.17, 15) is 9.59 Å². The highest BCUT2D eigenvalue weighted by molar-refractivity contribution is 7.07. The van der Waals surface area contributed by atoms with Crippen LogP contribution in [0.2, 0.25) is 0 Å². The Morgan fingerprint density at radius 1 is 1.21 bits per heavy atom. The number of aromatic nitrogens is 2. The summed E-state index contributed by atoms with van der Waals surface area (Å²) in [6.07, 6.45) is 2.50. The number of esters is 1. The molecule has 0 bridgehead atoms. The largest absolute Gasteiger partial charge is 0.455 e. The van der Waals surface area contributed by atoms with Crippen molar-refractivity contribution in [2.24, 2.45) is 4.99 Å². The topological polar surface area (TPSA) is 86.7 Å². The van der Waals surface area contributed by atoms with Crippen LogP contribution in [0.15, 0.2) is 45.4 Å². The zero-order valence-corrected chi connectivity index (χ0v) is 17.5. The van der Waals surface area contributed by atoms with Crippen LogP contribution >= 0.6 is 11.3 Å². The van der Waals surface area contributed by atoms with Crippen LogP contribution in [-0.2, 0) is 27.3 Å². The Morgan fingerprint density at radius 2 is 1.97 bits per heavy atom. The van der Waals surface area contributed by atoms with Crippen molar-refractivity contribution < 1.29 is 18.8 Å². The molecule has 0 aliphatic heterocycles. The molecule has 29 heavy (non-hydrogen) atoms. The zero-order valence-electron chi connectivity index (χ0n) is 16.7. The summed E-state index contributed by atoms with van der Waals surface area (Å²) in [4.78, 5) is 28.7. The van der Waals surface area contributed by atoms with Crippen LogP contribution in [0.5, 0.6) is 0 Å². The van der Waals surface area contributed by atoms with Crippen LogP contribution in [0.4, 0.5) is 0 Å². The number of thiazole rings is 1. The molecule has 3 rings (SSSR count). The quantitative estimate of drug-likeness (QED) is 0.556. The molecule has 0 atom stereocenters. The van der Waals surface area contributed by atoms with Gasteiger partial charge in [-0.2, -0.15) is 4.99 Å². The number of aryl methyl sites for hydroxylation is 3. The predicted octanol–water partition coefficient (Wildman–Crippen LogP) is 3.11. The summed E-state index contributed by atoms with van der Waals surface area (Å²) in [6.45, 7) is 5.91. The lowest BCUT2D eigenvalue weighted by atomic mass is 10.1. The molecule has 2 heterocycles. The van der Waals surface area contributed by atoms with Gasteiger partial charge in [-0.1, -0.05) is 35.0 Å². The summed E-state index contributed by atoms with van der Waals surface area (Å²) in [5.74, 6) is -0.250. The molecule has 7 nitrogen and oxygen atoms in total. The second-order valence-electron chi connectivity index (χ2n) is 6.77. The second-order valence-corrected chi connectivity index (χ2v) is 7.64. The lowest BCUT2D eigenvalue weighted by Crippen LogP contribution is -2.20. The summed E-state index contributed by atoms with van der Waals surface area (Å²) in [5.41, 5.74) is 3.97. The average Bonchev–Trinajstić information content (AvgIpc) is 3.26. The third kappa shape index (κ3) is 5.74. The van der Waals surface area contributed by atoms with Crippen LogP contribution < -0.4 is 4.80 Å². The van der Waals surface area contributed by atoms with Gasteiger partial charge in [-0.15, -0.1) is 11.3 Å². The van der Waals surface area contributed by atoms with Gasteiger partial charge in [0.15, 0.2) is 11.4 Å². The fourth-order valence-corrected chi connectivity index (χ4v) is 3.58. The van der Waals surface area contributed by atoms with Crippen LogP contribution in [0, 0.1) is 20.8 Å². The third-order valence-corrected chi connectivity index (χ3v) is 5.27. The van der Waals surface area contributed by atoms with Crippen LogP contribution in [-0.4, -0.2) is 28.2 Å². The highest BCUT2D eigenvalue weighted by Crippen LogP contribution is 2.14. The Kier molecular flexibility index (Phi) is 6.77.